The summed E-state index contributed by atoms with van der Waals surface area (Å²) in [4.78, 5) is 2.34. The third kappa shape index (κ3) is 5.92. The van der Waals surface area contributed by atoms with Crippen molar-refractivity contribution >= 4 is 17.8 Å². The van der Waals surface area contributed by atoms with Crippen molar-refractivity contribution in [3.63, 3.8) is 0 Å². The minimum absolute atomic E-state index is 0. The van der Waals surface area contributed by atoms with Gasteiger partial charge in [-0.3, -0.25) is 5.41 Å². The molecule has 5 heteroatoms. The standard InChI is InChI=1S/C20H22N2.C10H13NO.Co/c1-3-22-18-12-8-7-11-17(18)20(2,19(22)13-14-21)15-16-9-5-4-6-10-16;1-6-4-7(2)9(10(11)12)8(3)5-6;/h4-14,21H,3,15H2,1-2H3;4-5H,1-3H3,(H2,11,12);/b19-13-,21-14?;;. The predicted octanol–water partition coefficient (Wildman–Crippen LogP) is 7.05. The molecule has 0 fully saturated rings. The van der Waals surface area contributed by atoms with E-state index in [0.717, 1.165) is 29.7 Å². The predicted molar refractivity (Wildman–Crippen MR) is 144 cm³/mol. The number of rotatable bonds is 5. The third-order valence-corrected chi connectivity index (χ3v) is 6.52. The van der Waals surface area contributed by atoms with Crippen LogP contribution in [0.5, 0.6) is 0 Å². The Balaban J connectivity index is 0.000000284. The maximum atomic E-state index is 9.06. The van der Waals surface area contributed by atoms with E-state index in [2.05, 4.69) is 73.3 Å². The van der Waals surface area contributed by atoms with Gasteiger partial charge in [-0.15, -0.1) is 0 Å². The number of likely N-dealkylation sites (N-methyl/N-ethyl adjacent to an activating group) is 1. The molecule has 0 saturated heterocycles. The maximum Gasteiger partial charge on any atom is 0.211 e. The summed E-state index contributed by atoms with van der Waals surface area (Å²) in [5.41, 5.74) is 8.82. The summed E-state index contributed by atoms with van der Waals surface area (Å²) >= 11 is 0. The number of aryl methyl sites for hydroxylation is 3. The minimum atomic E-state index is -0.343. The molecular weight excluding hydrogens is 477 g/mol. The van der Waals surface area contributed by atoms with Crippen molar-refractivity contribution in [2.45, 2.75) is 46.5 Å². The van der Waals surface area contributed by atoms with E-state index in [9.17, 15) is 0 Å². The maximum absolute atomic E-state index is 9.06. The Labute approximate surface area is 219 Å². The Morgan fingerprint density at radius 1 is 0.971 bits per heavy atom. The van der Waals surface area contributed by atoms with Crippen molar-refractivity contribution in [2.75, 3.05) is 11.4 Å². The van der Waals surface area contributed by atoms with Crippen LogP contribution in [0.25, 0.3) is 0 Å². The van der Waals surface area contributed by atoms with Crippen LogP contribution in [-0.2, 0) is 28.6 Å². The van der Waals surface area contributed by atoms with Crippen molar-refractivity contribution in [1.29, 1.82) is 10.8 Å². The number of aliphatic hydroxyl groups excluding tert-OH is 1. The molecule has 3 N–H and O–H groups in total. The first-order chi connectivity index (χ1) is 16.2. The number of allylic oxidation sites excluding steroid dienone is 2. The number of aliphatic hydroxyl groups is 1. The zero-order valence-electron chi connectivity index (χ0n) is 21.1. The van der Waals surface area contributed by atoms with Crippen LogP contribution in [0.2, 0.25) is 0 Å². The van der Waals surface area contributed by atoms with Crippen molar-refractivity contribution in [1.82, 2.24) is 0 Å². The Hall–Kier alpha value is -3.15. The van der Waals surface area contributed by atoms with E-state index in [-0.39, 0.29) is 28.1 Å². The molecule has 0 aliphatic carbocycles. The largest absolute Gasteiger partial charge is 0.493 e. The number of fused-ring (bicyclic) bond motifs is 1. The molecule has 1 atom stereocenters. The van der Waals surface area contributed by atoms with Crippen LogP contribution in [-0.4, -0.2) is 23.8 Å². The minimum Gasteiger partial charge on any atom is -0.493 e. The first kappa shape index (κ1) is 28.1. The van der Waals surface area contributed by atoms with Crippen LogP contribution in [0, 0.1) is 31.6 Å². The molecule has 4 rings (SSSR count). The molecule has 3 aromatic carbocycles. The molecule has 0 bridgehead atoms. The molecule has 1 radical (unpaired) electrons. The number of para-hydroxylation sites is 1. The van der Waals surface area contributed by atoms with E-state index in [0.29, 0.717) is 5.56 Å². The van der Waals surface area contributed by atoms with Gasteiger partial charge in [0.25, 0.3) is 0 Å². The summed E-state index contributed by atoms with van der Waals surface area (Å²) < 4.78 is 0. The van der Waals surface area contributed by atoms with Gasteiger partial charge in [-0.05, 0) is 75.4 Å². The zero-order valence-corrected chi connectivity index (χ0v) is 22.2. The first-order valence-electron chi connectivity index (χ1n) is 11.7. The molecule has 0 aromatic heterocycles. The number of benzene rings is 3. The Kier molecular flexibility index (Phi) is 9.63. The number of anilines is 1. The van der Waals surface area contributed by atoms with Gasteiger partial charge in [0.05, 0.1) is 0 Å². The quantitative estimate of drug-likeness (QED) is 0.253. The zero-order chi connectivity index (χ0) is 24.9. The molecule has 1 aliphatic heterocycles. The summed E-state index contributed by atoms with van der Waals surface area (Å²) in [6.07, 6.45) is 4.31. The van der Waals surface area contributed by atoms with E-state index in [1.165, 1.54) is 28.7 Å². The second kappa shape index (κ2) is 12.0. The van der Waals surface area contributed by atoms with E-state index in [4.69, 9.17) is 15.9 Å². The van der Waals surface area contributed by atoms with E-state index < -0.39 is 0 Å². The molecule has 0 spiro atoms. The SMILES string of the molecule is CCN1/C(=C\C=N)C(C)(Cc2ccccc2)c2ccccc21.Cc1cc(C)c(C(=N)O)c(C)c1.[Co]. The monoisotopic (exact) mass is 512 g/mol. The van der Waals surface area contributed by atoms with Crippen molar-refractivity contribution < 1.29 is 21.9 Å². The fourth-order valence-corrected chi connectivity index (χ4v) is 5.18. The number of nitrogens with zero attached hydrogens (tertiary/aromatic N) is 1. The molecule has 0 saturated carbocycles. The number of nitrogens with one attached hydrogen (secondary N) is 2. The van der Waals surface area contributed by atoms with Gasteiger partial charge in [0.2, 0.25) is 5.90 Å². The smallest absolute Gasteiger partial charge is 0.211 e. The molecule has 3 aromatic rings. The summed E-state index contributed by atoms with van der Waals surface area (Å²) in [5, 5.41) is 23.8. The molecular formula is C30H35CoN3O. The van der Waals surface area contributed by atoms with Crippen molar-refractivity contribution in [3.05, 3.63) is 112 Å². The van der Waals surface area contributed by atoms with Crippen molar-refractivity contribution in [2.24, 2.45) is 0 Å². The molecule has 4 nitrogen and oxygen atoms in total. The Morgan fingerprint density at radius 2 is 1.54 bits per heavy atom. The van der Waals surface area contributed by atoms with Crippen LogP contribution in [0.1, 0.15) is 47.2 Å². The molecule has 1 aliphatic rings. The summed E-state index contributed by atoms with van der Waals surface area (Å²) in [6.45, 7) is 11.2. The van der Waals surface area contributed by atoms with E-state index >= 15 is 0 Å². The first-order valence-corrected chi connectivity index (χ1v) is 11.7. The van der Waals surface area contributed by atoms with Crippen LogP contribution < -0.4 is 4.90 Å². The van der Waals surface area contributed by atoms with Gasteiger partial charge in [0.15, 0.2) is 0 Å². The molecule has 185 valence electrons. The van der Waals surface area contributed by atoms with E-state index in [1.54, 1.807) is 0 Å². The normalized spacial score (nSPS) is 17.2. The van der Waals surface area contributed by atoms with Crippen LogP contribution in [0.3, 0.4) is 0 Å². The average Bonchev–Trinajstić information content (AvgIpc) is 3.02. The Bertz CT molecular complexity index is 1200. The van der Waals surface area contributed by atoms with Gasteiger partial charge < -0.3 is 15.4 Å². The fraction of sp³-hybridized carbons (Fsp3) is 0.267. The van der Waals surface area contributed by atoms with Crippen LogP contribution >= 0.6 is 0 Å². The van der Waals surface area contributed by atoms with Gasteiger partial charge >= 0.3 is 0 Å². The second-order valence-corrected chi connectivity index (χ2v) is 9.10. The second-order valence-electron chi connectivity index (χ2n) is 9.10. The molecule has 1 heterocycles. The summed E-state index contributed by atoms with van der Waals surface area (Å²) in [7, 11) is 0. The topological polar surface area (TPSA) is 71.2 Å². The third-order valence-electron chi connectivity index (χ3n) is 6.52. The molecule has 35 heavy (non-hydrogen) atoms. The Morgan fingerprint density at radius 3 is 2.09 bits per heavy atom. The fourth-order valence-electron chi connectivity index (χ4n) is 5.18. The average molecular weight is 513 g/mol. The van der Waals surface area contributed by atoms with Gasteiger partial charge in [0.1, 0.15) is 0 Å². The molecule has 0 amide bonds. The van der Waals surface area contributed by atoms with Crippen LogP contribution in [0.15, 0.2) is 78.5 Å². The van der Waals surface area contributed by atoms with Gasteiger partial charge in [-0.2, -0.15) is 0 Å². The summed E-state index contributed by atoms with van der Waals surface area (Å²) in [6, 6.07) is 23.2. The summed E-state index contributed by atoms with van der Waals surface area (Å²) in [5.74, 6) is -0.343. The van der Waals surface area contributed by atoms with Gasteiger partial charge in [-0.25, -0.2) is 0 Å². The number of hydrogen-bond acceptors (Lipinski definition) is 3. The van der Waals surface area contributed by atoms with Gasteiger partial charge in [-0.1, -0.05) is 66.2 Å². The number of hydrogen-bond donors (Lipinski definition) is 3. The van der Waals surface area contributed by atoms with Crippen LogP contribution in [0.4, 0.5) is 5.69 Å². The molecule has 1 unspecified atom stereocenters. The van der Waals surface area contributed by atoms with Crippen molar-refractivity contribution in [3.8, 4) is 0 Å². The van der Waals surface area contributed by atoms with E-state index in [1.807, 2.05) is 39.0 Å². The van der Waals surface area contributed by atoms with Gasteiger partial charge in [0, 0.05) is 51.9 Å².